The number of pyridine rings is 1. The molecule has 23 heavy (non-hydrogen) atoms. The Morgan fingerprint density at radius 2 is 2.00 bits per heavy atom. The first-order valence-corrected chi connectivity index (χ1v) is 8.52. The first kappa shape index (κ1) is 16.2. The van der Waals surface area contributed by atoms with Crippen LogP contribution in [0.4, 0.5) is 5.82 Å². The number of hydrogen-bond acceptors (Lipinski definition) is 5. The summed E-state index contributed by atoms with van der Waals surface area (Å²) in [4.78, 5) is 19.1. The van der Waals surface area contributed by atoms with Crippen molar-refractivity contribution in [2.45, 2.75) is 44.2 Å². The molecule has 1 amide bonds. The van der Waals surface area contributed by atoms with Crippen LogP contribution < -0.4 is 16.0 Å². The maximum absolute atomic E-state index is 12.3. The van der Waals surface area contributed by atoms with Gasteiger partial charge in [-0.3, -0.25) is 4.79 Å². The zero-order valence-corrected chi connectivity index (χ0v) is 13.6. The fourth-order valence-electron chi connectivity index (χ4n) is 3.15. The van der Waals surface area contributed by atoms with Gasteiger partial charge in [0.15, 0.2) is 0 Å². The maximum atomic E-state index is 12.3. The third-order valence-electron chi connectivity index (χ3n) is 4.78. The second kappa shape index (κ2) is 7.27. The number of aromatic nitrogens is 1. The summed E-state index contributed by atoms with van der Waals surface area (Å²) in [6.45, 7) is 3.74. The zero-order chi connectivity index (χ0) is 16.1. The van der Waals surface area contributed by atoms with Crippen LogP contribution in [-0.2, 0) is 16.1 Å². The van der Waals surface area contributed by atoms with E-state index in [0.717, 1.165) is 24.5 Å². The van der Waals surface area contributed by atoms with E-state index in [9.17, 15) is 4.79 Å². The number of amides is 1. The highest BCUT2D eigenvalue weighted by Gasteiger charge is 2.35. The Kier molecular flexibility index (Phi) is 5.13. The van der Waals surface area contributed by atoms with Crippen molar-refractivity contribution >= 4 is 11.7 Å². The lowest BCUT2D eigenvalue weighted by molar-refractivity contribution is -0.129. The first-order valence-electron chi connectivity index (χ1n) is 8.52. The van der Waals surface area contributed by atoms with Gasteiger partial charge >= 0.3 is 0 Å². The molecule has 0 aliphatic carbocycles. The van der Waals surface area contributed by atoms with Gasteiger partial charge in [0.25, 0.3) is 0 Å². The second-order valence-corrected chi connectivity index (χ2v) is 6.52. The molecular formula is C17H26N4O2. The Hall–Kier alpha value is -1.66. The standard InChI is InChI=1S/C17H26N4O2/c18-17(6-10-23-11-7-17)16(22)20-13-14-4-5-15(19-12-14)21-8-2-1-3-9-21/h4-5,12H,1-3,6-11,13,18H2,(H,20,22). The van der Waals surface area contributed by atoms with Gasteiger partial charge in [0.1, 0.15) is 5.82 Å². The molecule has 3 rings (SSSR count). The fraction of sp³-hybridized carbons (Fsp3) is 0.647. The van der Waals surface area contributed by atoms with Crippen molar-refractivity contribution in [1.29, 1.82) is 0 Å². The molecule has 0 aromatic carbocycles. The van der Waals surface area contributed by atoms with Gasteiger partial charge in [-0.1, -0.05) is 6.07 Å². The number of carbonyl (C=O) groups is 1. The summed E-state index contributed by atoms with van der Waals surface area (Å²) in [5, 5.41) is 2.94. The van der Waals surface area contributed by atoms with Gasteiger partial charge in [-0.25, -0.2) is 4.98 Å². The third kappa shape index (κ3) is 4.00. The Bertz CT molecular complexity index is 520. The molecule has 126 valence electrons. The van der Waals surface area contributed by atoms with Gasteiger partial charge in [-0.05, 0) is 43.7 Å². The lowest BCUT2D eigenvalue weighted by Gasteiger charge is -2.31. The van der Waals surface area contributed by atoms with Gasteiger partial charge < -0.3 is 20.7 Å². The number of hydrogen-bond donors (Lipinski definition) is 2. The van der Waals surface area contributed by atoms with Crippen molar-refractivity contribution in [3.63, 3.8) is 0 Å². The van der Waals surface area contributed by atoms with E-state index in [-0.39, 0.29) is 5.91 Å². The quantitative estimate of drug-likeness (QED) is 0.872. The number of nitrogens with one attached hydrogen (secondary N) is 1. The summed E-state index contributed by atoms with van der Waals surface area (Å²) in [5.41, 5.74) is 6.38. The van der Waals surface area contributed by atoms with Gasteiger partial charge in [0.05, 0.1) is 5.54 Å². The highest BCUT2D eigenvalue weighted by Crippen LogP contribution is 2.19. The van der Waals surface area contributed by atoms with Crippen LogP contribution in [0, 0.1) is 0 Å². The van der Waals surface area contributed by atoms with Crippen LogP contribution in [0.5, 0.6) is 0 Å². The minimum atomic E-state index is -0.792. The number of piperidine rings is 1. The smallest absolute Gasteiger partial charge is 0.240 e. The lowest BCUT2D eigenvalue weighted by Crippen LogP contribution is -2.56. The molecule has 0 radical (unpaired) electrons. The van der Waals surface area contributed by atoms with Crippen LogP contribution >= 0.6 is 0 Å². The molecule has 0 bridgehead atoms. The molecule has 6 nitrogen and oxygen atoms in total. The molecule has 2 aliphatic rings. The largest absolute Gasteiger partial charge is 0.381 e. The van der Waals surface area contributed by atoms with E-state index in [1.54, 1.807) is 0 Å². The average Bonchev–Trinajstić information content (AvgIpc) is 2.61. The predicted molar refractivity (Wildman–Crippen MR) is 89.1 cm³/mol. The normalized spacial score (nSPS) is 21.0. The van der Waals surface area contributed by atoms with Crippen molar-refractivity contribution in [2.75, 3.05) is 31.2 Å². The highest BCUT2D eigenvalue weighted by molar-refractivity contribution is 5.86. The van der Waals surface area contributed by atoms with E-state index in [4.69, 9.17) is 10.5 Å². The summed E-state index contributed by atoms with van der Waals surface area (Å²) in [5.74, 6) is 0.931. The van der Waals surface area contributed by atoms with Crippen molar-refractivity contribution in [3.8, 4) is 0 Å². The molecule has 2 fully saturated rings. The van der Waals surface area contributed by atoms with E-state index >= 15 is 0 Å². The number of anilines is 1. The monoisotopic (exact) mass is 318 g/mol. The Balaban J connectivity index is 1.53. The molecule has 3 heterocycles. The van der Waals surface area contributed by atoms with Crippen molar-refractivity contribution in [2.24, 2.45) is 5.73 Å². The van der Waals surface area contributed by atoms with Gasteiger partial charge in [-0.15, -0.1) is 0 Å². The summed E-state index contributed by atoms with van der Waals surface area (Å²) in [6, 6.07) is 4.07. The Labute approximate surface area is 137 Å². The minimum Gasteiger partial charge on any atom is -0.381 e. The molecule has 1 aromatic heterocycles. The fourth-order valence-corrected chi connectivity index (χ4v) is 3.15. The number of nitrogens with two attached hydrogens (primary N) is 1. The highest BCUT2D eigenvalue weighted by atomic mass is 16.5. The molecule has 0 saturated carbocycles. The number of ether oxygens (including phenoxy) is 1. The SMILES string of the molecule is NC1(C(=O)NCc2ccc(N3CCCCC3)nc2)CCOCC1. The first-order chi connectivity index (χ1) is 11.2. The Morgan fingerprint density at radius 1 is 1.26 bits per heavy atom. The van der Waals surface area contributed by atoms with Crippen LogP contribution in [0.15, 0.2) is 18.3 Å². The van der Waals surface area contributed by atoms with Crippen molar-refractivity contribution < 1.29 is 9.53 Å². The molecule has 0 atom stereocenters. The number of carbonyl (C=O) groups excluding carboxylic acids is 1. The van der Waals surface area contributed by atoms with Gasteiger partial charge in [-0.2, -0.15) is 0 Å². The zero-order valence-electron chi connectivity index (χ0n) is 13.6. The van der Waals surface area contributed by atoms with Crippen LogP contribution in [0.2, 0.25) is 0 Å². The summed E-state index contributed by atoms with van der Waals surface area (Å²) < 4.78 is 5.27. The molecule has 6 heteroatoms. The molecule has 3 N–H and O–H groups in total. The average molecular weight is 318 g/mol. The topological polar surface area (TPSA) is 80.5 Å². The van der Waals surface area contributed by atoms with E-state index in [1.165, 1.54) is 19.3 Å². The Morgan fingerprint density at radius 3 is 2.65 bits per heavy atom. The predicted octanol–water partition coefficient (Wildman–Crippen LogP) is 1.20. The molecule has 2 aliphatic heterocycles. The van der Waals surface area contributed by atoms with Gasteiger partial charge in [0.2, 0.25) is 5.91 Å². The van der Waals surface area contributed by atoms with Crippen LogP contribution in [-0.4, -0.2) is 42.7 Å². The molecule has 0 unspecified atom stereocenters. The summed E-state index contributed by atoms with van der Waals surface area (Å²) in [7, 11) is 0. The molecule has 0 spiro atoms. The van der Waals surface area contributed by atoms with E-state index in [0.29, 0.717) is 32.6 Å². The molecule has 1 aromatic rings. The second-order valence-electron chi connectivity index (χ2n) is 6.52. The van der Waals surface area contributed by atoms with E-state index in [1.807, 2.05) is 18.3 Å². The van der Waals surface area contributed by atoms with Gasteiger partial charge in [0, 0.05) is 39.0 Å². The van der Waals surface area contributed by atoms with E-state index in [2.05, 4.69) is 15.2 Å². The summed E-state index contributed by atoms with van der Waals surface area (Å²) in [6.07, 6.45) is 6.78. The minimum absolute atomic E-state index is 0.0964. The molecule has 2 saturated heterocycles. The van der Waals surface area contributed by atoms with Crippen molar-refractivity contribution in [1.82, 2.24) is 10.3 Å². The summed E-state index contributed by atoms with van der Waals surface area (Å²) >= 11 is 0. The number of nitrogens with zero attached hydrogens (tertiary/aromatic N) is 2. The van der Waals surface area contributed by atoms with E-state index < -0.39 is 5.54 Å². The van der Waals surface area contributed by atoms with Crippen LogP contribution in [0.3, 0.4) is 0 Å². The van der Waals surface area contributed by atoms with Crippen LogP contribution in [0.25, 0.3) is 0 Å². The van der Waals surface area contributed by atoms with Crippen molar-refractivity contribution in [3.05, 3.63) is 23.9 Å². The lowest BCUT2D eigenvalue weighted by atomic mass is 9.90. The molecular weight excluding hydrogens is 292 g/mol. The number of rotatable bonds is 4. The third-order valence-corrected chi connectivity index (χ3v) is 4.78. The maximum Gasteiger partial charge on any atom is 0.240 e. The van der Waals surface area contributed by atoms with Crippen LogP contribution in [0.1, 0.15) is 37.7 Å².